The highest BCUT2D eigenvalue weighted by Gasteiger charge is 2.24. The van der Waals surface area contributed by atoms with E-state index in [2.05, 4.69) is 12.8 Å². The molecule has 1 nitrogen and oxygen atoms in total. The average Bonchev–Trinajstić information content (AvgIpc) is 2.14. The van der Waals surface area contributed by atoms with Crippen LogP contribution in [-0.2, 0) is 0 Å². The normalized spacial score (nSPS) is 30.8. The molecule has 3 atom stereocenters. The fraction of sp³-hybridized carbons (Fsp3) is 0.833. The summed E-state index contributed by atoms with van der Waals surface area (Å²) >= 11 is 0. The van der Waals surface area contributed by atoms with E-state index in [9.17, 15) is 5.11 Å². The van der Waals surface area contributed by atoms with Gasteiger partial charge in [-0.2, -0.15) is 0 Å². The third-order valence-corrected chi connectivity index (χ3v) is 3.11. The molecule has 1 fully saturated rings. The van der Waals surface area contributed by atoms with Gasteiger partial charge >= 0.3 is 0 Å². The summed E-state index contributed by atoms with van der Waals surface area (Å²) in [6.07, 6.45) is 11.5. The maximum Gasteiger partial charge on any atom is 0.0577 e. The lowest BCUT2D eigenvalue weighted by molar-refractivity contribution is 0.0661. The molecule has 1 N–H and O–H groups in total. The SMILES string of the molecule is C#CCCC(O)C1CCCC(C)C1. The maximum atomic E-state index is 9.83. The average molecular weight is 180 g/mol. The van der Waals surface area contributed by atoms with Crippen LogP contribution in [0.25, 0.3) is 0 Å². The second-order valence-electron chi connectivity index (χ2n) is 4.34. The van der Waals surface area contributed by atoms with Gasteiger partial charge in [0.2, 0.25) is 0 Å². The first-order valence-corrected chi connectivity index (χ1v) is 5.35. The van der Waals surface area contributed by atoms with Crippen LogP contribution in [0.4, 0.5) is 0 Å². The Morgan fingerprint density at radius 1 is 1.54 bits per heavy atom. The molecular formula is C12H20O. The summed E-state index contributed by atoms with van der Waals surface area (Å²) < 4.78 is 0. The summed E-state index contributed by atoms with van der Waals surface area (Å²) in [5, 5.41) is 9.83. The van der Waals surface area contributed by atoms with Gasteiger partial charge in [0.15, 0.2) is 0 Å². The van der Waals surface area contributed by atoms with Gasteiger partial charge in [-0.1, -0.05) is 19.8 Å². The molecule has 1 aliphatic carbocycles. The number of aliphatic hydroxyl groups excluding tert-OH is 1. The Morgan fingerprint density at radius 2 is 2.31 bits per heavy atom. The number of rotatable bonds is 3. The maximum absolute atomic E-state index is 9.83. The largest absolute Gasteiger partial charge is 0.393 e. The van der Waals surface area contributed by atoms with E-state index >= 15 is 0 Å². The van der Waals surface area contributed by atoms with Crippen molar-refractivity contribution in [3.63, 3.8) is 0 Å². The molecule has 0 amide bonds. The van der Waals surface area contributed by atoms with Crippen LogP contribution in [0.3, 0.4) is 0 Å². The van der Waals surface area contributed by atoms with Crippen molar-refractivity contribution in [3.05, 3.63) is 0 Å². The van der Waals surface area contributed by atoms with Crippen molar-refractivity contribution in [2.24, 2.45) is 11.8 Å². The lowest BCUT2D eigenvalue weighted by Gasteiger charge is -2.30. The van der Waals surface area contributed by atoms with Crippen LogP contribution >= 0.6 is 0 Å². The van der Waals surface area contributed by atoms with Crippen LogP contribution in [0.1, 0.15) is 45.4 Å². The van der Waals surface area contributed by atoms with Gasteiger partial charge < -0.3 is 5.11 Å². The first-order chi connectivity index (χ1) is 6.24. The molecule has 1 saturated carbocycles. The lowest BCUT2D eigenvalue weighted by Crippen LogP contribution is -2.25. The summed E-state index contributed by atoms with van der Waals surface area (Å²) in [5.41, 5.74) is 0. The topological polar surface area (TPSA) is 20.2 Å². The molecule has 0 spiro atoms. The van der Waals surface area contributed by atoms with E-state index in [0.717, 1.165) is 12.3 Å². The summed E-state index contributed by atoms with van der Waals surface area (Å²) in [7, 11) is 0. The Morgan fingerprint density at radius 3 is 2.92 bits per heavy atom. The predicted octanol–water partition coefficient (Wildman–Crippen LogP) is 2.59. The monoisotopic (exact) mass is 180 g/mol. The third kappa shape index (κ3) is 3.40. The van der Waals surface area contributed by atoms with Gasteiger partial charge in [-0.3, -0.25) is 0 Å². The number of aliphatic hydroxyl groups is 1. The molecular weight excluding hydrogens is 160 g/mol. The fourth-order valence-electron chi connectivity index (χ4n) is 2.30. The van der Waals surface area contributed by atoms with Crippen LogP contribution < -0.4 is 0 Å². The van der Waals surface area contributed by atoms with Gasteiger partial charge in [0.25, 0.3) is 0 Å². The summed E-state index contributed by atoms with van der Waals surface area (Å²) in [4.78, 5) is 0. The van der Waals surface area contributed by atoms with E-state index in [1.807, 2.05) is 0 Å². The zero-order valence-electron chi connectivity index (χ0n) is 8.50. The highest BCUT2D eigenvalue weighted by molar-refractivity contribution is 4.86. The van der Waals surface area contributed by atoms with Crippen molar-refractivity contribution < 1.29 is 5.11 Å². The molecule has 0 aliphatic heterocycles. The van der Waals surface area contributed by atoms with E-state index in [-0.39, 0.29) is 6.10 Å². The van der Waals surface area contributed by atoms with Gasteiger partial charge in [0.1, 0.15) is 0 Å². The fourth-order valence-corrected chi connectivity index (χ4v) is 2.30. The molecule has 0 saturated heterocycles. The number of hydrogen-bond acceptors (Lipinski definition) is 1. The molecule has 0 radical (unpaired) electrons. The van der Waals surface area contributed by atoms with Gasteiger partial charge in [-0.25, -0.2) is 0 Å². The Bertz CT molecular complexity index is 180. The van der Waals surface area contributed by atoms with E-state index in [4.69, 9.17) is 6.42 Å². The van der Waals surface area contributed by atoms with Crippen LogP contribution in [0.2, 0.25) is 0 Å². The molecule has 3 unspecified atom stereocenters. The van der Waals surface area contributed by atoms with Crippen LogP contribution in [0.5, 0.6) is 0 Å². The number of hydrogen-bond donors (Lipinski definition) is 1. The predicted molar refractivity (Wildman–Crippen MR) is 55.2 cm³/mol. The molecule has 1 rings (SSSR count). The molecule has 0 heterocycles. The Labute approximate surface area is 81.5 Å². The third-order valence-electron chi connectivity index (χ3n) is 3.11. The molecule has 0 aromatic rings. The quantitative estimate of drug-likeness (QED) is 0.662. The van der Waals surface area contributed by atoms with Crippen molar-refractivity contribution in [1.82, 2.24) is 0 Å². The highest BCUT2D eigenvalue weighted by Crippen LogP contribution is 2.31. The molecule has 1 aliphatic rings. The van der Waals surface area contributed by atoms with Crippen LogP contribution in [0.15, 0.2) is 0 Å². The molecule has 0 bridgehead atoms. The van der Waals surface area contributed by atoms with E-state index in [1.165, 1.54) is 25.7 Å². The standard InChI is InChI=1S/C12H20O/c1-3-4-8-12(13)11-7-5-6-10(2)9-11/h1,10-13H,4-9H2,2H3. The highest BCUT2D eigenvalue weighted by atomic mass is 16.3. The van der Waals surface area contributed by atoms with Crippen molar-refractivity contribution in [2.45, 2.75) is 51.6 Å². The molecule has 0 aromatic carbocycles. The second kappa shape index (κ2) is 5.29. The molecule has 74 valence electrons. The minimum Gasteiger partial charge on any atom is -0.393 e. The summed E-state index contributed by atoms with van der Waals surface area (Å²) in [6, 6.07) is 0. The van der Waals surface area contributed by atoms with E-state index in [0.29, 0.717) is 12.3 Å². The van der Waals surface area contributed by atoms with Crippen LogP contribution in [-0.4, -0.2) is 11.2 Å². The first-order valence-electron chi connectivity index (χ1n) is 5.35. The van der Waals surface area contributed by atoms with Crippen molar-refractivity contribution in [3.8, 4) is 12.3 Å². The van der Waals surface area contributed by atoms with Gasteiger partial charge in [0.05, 0.1) is 6.10 Å². The Balaban J connectivity index is 2.29. The zero-order chi connectivity index (χ0) is 9.68. The van der Waals surface area contributed by atoms with Crippen molar-refractivity contribution in [2.75, 3.05) is 0 Å². The smallest absolute Gasteiger partial charge is 0.0577 e. The zero-order valence-corrected chi connectivity index (χ0v) is 8.50. The Kier molecular flexibility index (Phi) is 4.32. The van der Waals surface area contributed by atoms with E-state index < -0.39 is 0 Å². The van der Waals surface area contributed by atoms with Crippen molar-refractivity contribution in [1.29, 1.82) is 0 Å². The molecule has 1 heteroatoms. The Hall–Kier alpha value is -0.480. The second-order valence-corrected chi connectivity index (χ2v) is 4.34. The van der Waals surface area contributed by atoms with E-state index in [1.54, 1.807) is 0 Å². The molecule has 13 heavy (non-hydrogen) atoms. The van der Waals surface area contributed by atoms with Crippen molar-refractivity contribution >= 4 is 0 Å². The van der Waals surface area contributed by atoms with Gasteiger partial charge in [-0.15, -0.1) is 12.3 Å². The van der Waals surface area contributed by atoms with Gasteiger partial charge in [-0.05, 0) is 31.1 Å². The first kappa shape index (κ1) is 10.6. The van der Waals surface area contributed by atoms with Gasteiger partial charge in [0, 0.05) is 6.42 Å². The lowest BCUT2D eigenvalue weighted by atomic mass is 9.78. The minimum atomic E-state index is -0.154. The minimum absolute atomic E-state index is 0.154. The number of terminal acetylenes is 1. The summed E-state index contributed by atoms with van der Waals surface area (Å²) in [5.74, 6) is 3.89. The molecule has 0 aromatic heterocycles. The summed E-state index contributed by atoms with van der Waals surface area (Å²) in [6.45, 7) is 2.28. The van der Waals surface area contributed by atoms with Crippen LogP contribution in [0, 0.1) is 24.2 Å².